The van der Waals surface area contributed by atoms with Crippen molar-refractivity contribution in [3.05, 3.63) is 34.6 Å². The maximum atomic E-state index is 12.0. The van der Waals surface area contributed by atoms with Crippen LogP contribution >= 0.6 is 0 Å². The van der Waals surface area contributed by atoms with E-state index in [0.717, 1.165) is 24.3 Å². The zero-order chi connectivity index (χ0) is 13.9. The number of hydrogen-bond acceptors (Lipinski definition) is 4. The first kappa shape index (κ1) is 13.1. The molecule has 106 valence electrons. The normalized spacial score (nSPS) is 15.8. The highest BCUT2D eigenvalue weighted by Gasteiger charge is 2.11. The summed E-state index contributed by atoms with van der Waals surface area (Å²) >= 11 is 0. The van der Waals surface area contributed by atoms with Crippen LogP contribution in [0.2, 0.25) is 0 Å². The largest absolute Gasteiger partial charge is 0.367 e. The molecule has 0 atom stereocenters. The summed E-state index contributed by atoms with van der Waals surface area (Å²) in [6, 6.07) is 7.62. The summed E-state index contributed by atoms with van der Waals surface area (Å²) in [5, 5.41) is 9.33. The third-order valence-corrected chi connectivity index (χ3v) is 3.88. The molecule has 1 aromatic heterocycles. The van der Waals surface area contributed by atoms with Crippen molar-refractivity contribution in [3.8, 4) is 0 Å². The van der Waals surface area contributed by atoms with Gasteiger partial charge in [0.05, 0.1) is 5.39 Å². The summed E-state index contributed by atoms with van der Waals surface area (Å²) in [7, 11) is 1.69. The number of anilines is 1. The van der Waals surface area contributed by atoms with Crippen molar-refractivity contribution in [2.75, 3.05) is 31.5 Å². The molecule has 1 N–H and O–H groups in total. The number of benzene rings is 1. The Morgan fingerprint density at radius 2 is 1.90 bits per heavy atom. The van der Waals surface area contributed by atoms with Crippen molar-refractivity contribution in [1.29, 1.82) is 0 Å². The van der Waals surface area contributed by atoms with Gasteiger partial charge in [-0.05, 0) is 32.0 Å². The standard InChI is InChI=1S/C15H20N4O/c1-18-15(20)13-7-3-2-6-12(13)14(17-18)16-8-11-19-9-4-5-10-19/h2-3,6-7H,4-5,8-11H2,1H3,(H,16,17). The fraction of sp³-hybridized carbons (Fsp3) is 0.467. The molecule has 2 aromatic rings. The summed E-state index contributed by atoms with van der Waals surface area (Å²) in [4.78, 5) is 14.5. The molecule has 0 radical (unpaired) electrons. The van der Waals surface area contributed by atoms with E-state index in [0.29, 0.717) is 5.39 Å². The molecule has 0 spiro atoms. The first-order valence-corrected chi connectivity index (χ1v) is 7.18. The second kappa shape index (κ2) is 5.63. The molecule has 2 heterocycles. The smallest absolute Gasteiger partial charge is 0.274 e. The van der Waals surface area contributed by atoms with E-state index in [4.69, 9.17) is 0 Å². The maximum absolute atomic E-state index is 12.0. The number of fused-ring (bicyclic) bond motifs is 1. The van der Waals surface area contributed by atoms with Gasteiger partial charge in [0.25, 0.3) is 5.56 Å². The van der Waals surface area contributed by atoms with E-state index in [1.54, 1.807) is 7.05 Å². The number of nitrogens with one attached hydrogen (secondary N) is 1. The summed E-state index contributed by atoms with van der Waals surface area (Å²) in [6.45, 7) is 4.28. The molecule has 0 aliphatic carbocycles. The van der Waals surface area contributed by atoms with E-state index in [1.807, 2.05) is 24.3 Å². The van der Waals surface area contributed by atoms with Crippen LogP contribution in [-0.2, 0) is 7.05 Å². The van der Waals surface area contributed by atoms with Crippen LogP contribution in [0.25, 0.3) is 10.8 Å². The lowest BCUT2D eigenvalue weighted by Gasteiger charge is -2.16. The van der Waals surface area contributed by atoms with E-state index < -0.39 is 0 Å². The molecule has 0 saturated carbocycles. The van der Waals surface area contributed by atoms with Crippen molar-refractivity contribution in [1.82, 2.24) is 14.7 Å². The second-order valence-corrected chi connectivity index (χ2v) is 5.30. The predicted octanol–water partition coefficient (Wildman–Crippen LogP) is 1.44. The quantitative estimate of drug-likeness (QED) is 0.915. The zero-order valence-corrected chi connectivity index (χ0v) is 11.8. The number of aryl methyl sites for hydroxylation is 1. The van der Waals surface area contributed by atoms with E-state index in [-0.39, 0.29) is 5.56 Å². The van der Waals surface area contributed by atoms with Gasteiger partial charge in [0.1, 0.15) is 0 Å². The van der Waals surface area contributed by atoms with Crippen LogP contribution in [-0.4, -0.2) is 40.9 Å². The minimum Gasteiger partial charge on any atom is -0.367 e. The fourth-order valence-electron chi connectivity index (χ4n) is 2.77. The number of likely N-dealkylation sites (tertiary alicyclic amines) is 1. The lowest BCUT2D eigenvalue weighted by molar-refractivity contribution is 0.352. The minimum atomic E-state index is -0.0503. The molecule has 1 aliphatic heterocycles. The number of rotatable bonds is 4. The van der Waals surface area contributed by atoms with Gasteiger partial charge < -0.3 is 10.2 Å². The predicted molar refractivity (Wildman–Crippen MR) is 81.1 cm³/mol. The molecule has 0 amide bonds. The lowest BCUT2D eigenvalue weighted by Crippen LogP contribution is -2.27. The molecule has 20 heavy (non-hydrogen) atoms. The molecular formula is C15H20N4O. The Labute approximate surface area is 118 Å². The van der Waals surface area contributed by atoms with Gasteiger partial charge >= 0.3 is 0 Å². The molecule has 1 aliphatic rings. The molecule has 3 rings (SSSR count). The first-order valence-electron chi connectivity index (χ1n) is 7.18. The van der Waals surface area contributed by atoms with Crippen molar-refractivity contribution < 1.29 is 0 Å². The molecule has 0 bridgehead atoms. The summed E-state index contributed by atoms with van der Waals surface area (Å²) in [5.41, 5.74) is -0.0503. The van der Waals surface area contributed by atoms with Crippen LogP contribution in [0.3, 0.4) is 0 Å². The average Bonchev–Trinajstić information content (AvgIpc) is 2.97. The van der Waals surface area contributed by atoms with E-state index in [9.17, 15) is 4.79 Å². The third kappa shape index (κ3) is 2.54. The summed E-state index contributed by atoms with van der Waals surface area (Å²) in [5.74, 6) is 0.793. The molecule has 1 fully saturated rings. The van der Waals surface area contributed by atoms with E-state index in [1.165, 1.54) is 30.6 Å². The Bertz CT molecular complexity index is 658. The SMILES string of the molecule is Cn1nc(NCCN2CCCC2)c2ccccc2c1=O. The van der Waals surface area contributed by atoms with Gasteiger partial charge in [-0.15, -0.1) is 0 Å². The Morgan fingerprint density at radius 3 is 2.65 bits per heavy atom. The monoisotopic (exact) mass is 272 g/mol. The highest BCUT2D eigenvalue weighted by Crippen LogP contribution is 2.17. The number of nitrogens with zero attached hydrogens (tertiary/aromatic N) is 3. The van der Waals surface area contributed by atoms with Crippen LogP contribution in [0.15, 0.2) is 29.1 Å². The molecule has 1 saturated heterocycles. The maximum Gasteiger partial charge on any atom is 0.274 e. The Kier molecular flexibility index (Phi) is 3.69. The minimum absolute atomic E-state index is 0.0503. The van der Waals surface area contributed by atoms with Crippen molar-refractivity contribution in [3.63, 3.8) is 0 Å². The second-order valence-electron chi connectivity index (χ2n) is 5.30. The first-order chi connectivity index (χ1) is 9.75. The Morgan fingerprint density at radius 1 is 1.20 bits per heavy atom. The average molecular weight is 272 g/mol. The summed E-state index contributed by atoms with van der Waals surface area (Å²) in [6.07, 6.45) is 2.61. The van der Waals surface area contributed by atoms with Gasteiger partial charge in [-0.1, -0.05) is 18.2 Å². The van der Waals surface area contributed by atoms with Gasteiger partial charge in [-0.3, -0.25) is 4.79 Å². The topological polar surface area (TPSA) is 50.2 Å². The van der Waals surface area contributed by atoms with Crippen molar-refractivity contribution in [2.45, 2.75) is 12.8 Å². The van der Waals surface area contributed by atoms with Crippen molar-refractivity contribution in [2.24, 2.45) is 7.05 Å². The fourth-order valence-corrected chi connectivity index (χ4v) is 2.77. The lowest BCUT2D eigenvalue weighted by atomic mass is 10.2. The van der Waals surface area contributed by atoms with Gasteiger partial charge in [0.15, 0.2) is 5.82 Å². The molecule has 5 heteroatoms. The summed E-state index contributed by atoms with van der Waals surface area (Å²) < 4.78 is 1.40. The molecule has 1 aromatic carbocycles. The van der Waals surface area contributed by atoms with E-state index in [2.05, 4.69) is 15.3 Å². The van der Waals surface area contributed by atoms with E-state index >= 15 is 0 Å². The van der Waals surface area contributed by atoms with Crippen LogP contribution in [0, 0.1) is 0 Å². The zero-order valence-electron chi connectivity index (χ0n) is 11.8. The molecule has 0 unspecified atom stereocenters. The van der Waals surface area contributed by atoms with Crippen LogP contribution in [0.5, 0.6) is 0 Å². The molecule has 5 nitrogen and oxygen atoms in total. The van der Waals surface area contributed by atoms with Gasteiger partial charge in [0.2, 0.25) is 0 Å². The van der Waals surface area contributed by atoms with Crippen LogP contribution in [0.1, 0.15) is 12.8 Å². The van der Waals surface area contributed by atoms with Gasteiger partial charge in [-0.2, -0.15) is 5.10 Å². The van der Waals surface area contributed by atoms with Crippen LogP contribution < -0.4 is 10.9 Å². The van der Waals surface area contributed by atoms with Crippen LogP contribution in [0.4, 0.5) is 5.82 Å². The Balaban J connectivity index is 1.80. The number of aromatic nitrogens is 2. The Hall–Kier alpha value is -1.88. The highest BCUT2D eigenvalue weighted by atomic mass is 16.1. The molecular weight excluding hydrogens is 252 g/mol. The number of hydrogen-bond donors (Lipinski definition) is 1. The third-order valence-electron chi connectivity index (χ3n) is 3.88. The van der Waals surface area contributed by atoms with Gasteiger partial charge in [0, 0.05) is 25.5 Å². The van der Waals surface area contributed by atoms with Gasteiger partial charge in [-0.25, -0.2) is 4.68 Å². The van der Waals surface area contributed by atoms with Crippen molar-refractivity contribution >= 4 is 16.6 Å². The highest BCUT2D eigenvalue weighted by molar-refractivity contribution is 5.90.